The van der Waals surface area contributed by atoms with E-state index in [0.717, 1.165) is 6.54 Å². The van der Waals surface area contributed by atoms with Crippen LogP contribution in [0.25, 0.3) is 6.08 Å². The molecule has 0 heterocycles. The summed E-state index contributed by atoms with van der Waals surface area (Å²) >= 11 is 0. The average Bonchev–Trinajstić information content (AvgIpc) is 2.52. The largest absolute Gasteiger partial charge is 0.307 e. The fourth-order valence-electron chi connectivity index (χ4n) is 2.16. The highest BCUT2D eigenvalue weighted by atomic mass is 14.9. The molecule has 2 aromatic carbocycles. The van der Waals surface area contributed by atoms with Gasteiger partial charge < -0.3 is 5.32 Å². The minimum absolute atomic E-state index is 0.281. The van der Waals surface area contributed by atoms with Gasteiger partial charge in [0.2, 0.25) is 0 Å². The normalized spacial score (nSPS) is 12.7. The molecule has 1 atom stereocenters. The SMILES string of the molecule is CCCCNC(C=Cc1ccccc1)c1ccccc1. The Kier molecular flexibility index (Phi) is 6.07. The minimum Gasteiger partial charge on any atom is -0.307 e. The van der Waals surface area contributed by atoms with Gasteiger partial charge in [0.25, 0.3) is 0 Å². The van der Waals surface area contributed by atoms with Crippen molar-refractivity contribution < 1.29 is 0 Å². The molecule has 20 heavy (non-hydrogen) atoms. The topological polar surface area (TPSA) is 12.0 Å². The van der Waals surface area contributed by atoms with E-state index in [9.17, 15) is 0 Å². The second kappa shape index (κ2) is 8.34. The number of hydrogen-bond donors (Lipinski definition) is 1. The molecule has 0 saturated carbocycles. The van der Waals surface area contributed by atoms with Crippen LogP contribution in [0.15, 0.2) is 66.7 Å². The van der Waals surface area contributed by atoms with Crippen molar-refractivity contribution in [2.75, 3.05) is 6.54 Å². The maximum Gasteiger partial charge on any atom is 0.0509 e. The van der Waals surface area contributed by atoms with Crippen LogP contribution < -0.4 is 5.32 Å². The molecule has 0 bridgehead atoms. The third-order valence-electron chi connectivity index (χ3n) is 3.33. The number of nitrogens with one attached hydrogen (secondary N) is 1. The van der Waals surface area contributed by atoms with Crippen molar-refractivity contribution in [2.45, 2.75) is 25.8 Å². The van der Waals surface area contributed by atoms with Gasteiger partial charge in [-0.2, -0.15) is 0 Å². The van der Waals surface area contributed by atoms with Gasteiger partial charge in [-0.25, -0.2) is 0 Å². The first-order chi connectivity index (χ1) is 9.90. The van der Waals surface area contributed by atoms with Crippen molar-refractivity contribution in [3.8, 4) is 0 Å². The molecule has 0 saturated heterocycles. The predicted molar refractivity (Wildman–Crippen MR) is 87.6 cm³/mol. The third kappa shape index (κ3) is 4.67. The van der Waals surface area contributed by atoms with Gasteiger partial charge in [-0.05, 0) is 24.1 Å². The maximum absolute atomic E-state index is 3.62. The molecule has 0 fully saturated rings. The van der Waals surface area contributed by atoms with Crippen LogP contribution in [0.1, 0.15) is 36.9 Å². The van der Waals surface area contributed by atoms with Gasteiger partial charge in [0.05, 0.1) is 6.04 Å². The Morgan fingerprint density at radius 3 is 2.25 bits per heavy atom. The summed E-state index contributed by atoms with van der Waals surface area (Å²) in [4.78, 5) is 0. The van der Waals surface area contributed by atoms with Gasteiger partial charge in [0.15, 0.2) is 0 Å². The van der Waals surface area contributed by atoms with Crippen LogP contribution in [0, 0.1) is 0 Å². The quantitative estimate of drug-likeness (QED) is 0.707. The first kappa shape index (κ1) is 14.5. The second-order valence-corrected chi connectivity index (χ2v) is 4.97. The first-order valence-electron chi connectivity index (χ1n) is 7.41. The van der Waals surface area contributed by atoms with E-state index in [4.69, 9.17) is 0 Å². The molecule has 0 aromatic heterocycles. The molecule has 0 spiro atoms. The van der Waals surface area contributed by atoms with Crippen molar-refractivity contribution in [3.05, 3.63) is 77.9 Å². The molecule has 2 aromatic rings. The van der Waals surface area contributed by atoms with Crippen LogP contribution in [-0.2, 0) is 0 Å². The Labute approximate surface area is 122 Å². The molecule has 1 unspecified atom stereocenters. The molecule has 0 aliphatic heterocycles. The van der Waals surface area contributed by atoms with Crippen LogP contribution in [0.2, 0.25) is 0 Å². The summed E-state index contributed by atoms with van der Waals surface area (Å²) in [5.74, 6) is 0. The molecule has 0 amide bonds. The monoisotopic (exact) mass is 265 g/mol. The summed E-state index contributed by atoms with van der Waals surface area (Å²) in [5.41, 5.74) is 2.56. The van der Waals surface area contributed by atoms with Crippen molar-refractivity contribution in [3.63, 3.8) is 0 Å². The van der Waals surface area contributed by atoms with Gasteiger partial charge in [-0.3, -0.25) is 0 Å². The van der Waals surface area contributed by atoms with Crippen LogP contribution in [0.5, 0.6) is 0 Å². The van der Waals surface area contributed by atoms with E-state index in [1.165, 1.54) is 24.0 Å². The fraction of sp³-hybridized carbons (Fsp3) is 0.263. The highest BCUT2D eigenvalue weighted by Crippen LogP contribution is 2.16. The van der Waals surface area contributed by atoms with Crippen LogP contribution in [0.3, 0.4) is 0 Å². The zero-order valence-corrected chi connectivity index (χ0v) is 12.1. The molecule has 0 aliphatic carbocycles. The average molecular weight is 265 g/mol. The number of hydrogen-bond acceptors (Lipinski definition) is 1. The zero-order valence-electron chi connectivity index (χ0n) is 12.1. The van der Waals surface area contributed by atoms with E-state index in [0.29, 0.717) is 0 Å². The van der Waals surface area contributed by atoms with Gasteiger partial charge in [0, 0.05) is 0 Å². The molecular weight excluding hydrogens is 242 g/mol. The van der Waals surface area contributed by atoms with Crippen molar-refractivity contribution in [1.82, 2.24) is 5.32 Å². The number of benzene rings is 2. The molecule has 104 valence electrons. The number of unbranched alkanes of at least 4 members (excludes halogenated alkanes) is 1. The van der Waals surface area contributed by atoms with E-state index in [-0.39, 0.29) is 6.04 Å². The van der Waals surface area contributed by atoms with Crippen LogP contribution >= 0.6 is 0 Å². The zero-order chi connectivity index (χ0) is 14.0. The third-order valence-corrected chi connectivity index (χ3v) is 3.33. The van der Waals surface area contributed by atoms with Crippen molar-refractivity contribution in [2.24, 2.45) is 0 Å². The van der Waals surface area contributed by atoms with E-state index in [2.05, 4.69) is 79.0 Å². The predicted octanol–water partition coefficient (Wildman–Crippen LogP) is 4.83. The molecule has 1 N–H and O–H groups in total. The molecule has 0 radical (unpaired) electrons. The lowest BCUT2D eigenvalue weighted by Crippen LogP contribution is -2.20. The Bertz CT molecular complexity index is 502. The second-order valence-electron chi connectivity index (χ2n) is 4.97. The Balaban J connectivity index is 2.08. The lowest BCUT2D eigenvalue weighted by atomic mass is 10.0. The van der Waals surface area contributed by atoms with E-state index < -0.39 is 0 Å². The minimum atomic E-state index is 0.281. The Morgan fingerprint density at radius 1 is 0.950 bits per heavy atom. The smallest absolute Gasteiger partial charge is 0.0509 e. The summed E-state index contributed by atoms with van der Waals surface area (Å²) in [6.07, 6.45) is 6.87. The van der Waals surface area contributed by atoms with E-state index in [1.54, 1.807) is 0 Å². The first-order valence-corrected chi connectivity index (χ1v) is 7.41. The molecule has 0 aliphatic rings. The summed E-state index contributed by atoms with van der Waals surface area (Å²) in [6, 6.07) is 21.3. The Hall–Kier alpha value is -1.86. The highest BCUT2D eigenvalue weighted by molar-refractivity contribution is 5.50. The van der Waals surface area contributed by atoms with Gasteiger partial charge in [0.1, 0.15) is 0 Å². The standard InChI is InChI=1S/C19H23N/c1-2-3-16-20-19(18-12-8-5-9-13-18)15-14-17-10-6-4-7-11-17/h4-15,19-20H,2-3,16H2,1H3. The summed E-state index contributed by atoms with van der Waals surface area (Å²) in [5, 5.41) is 3.62. The van der Waals surface area contributed by atoms with Crippen molar-refractivity contribution >= 4 is 6.08 Å². The molecule has 2 rings (SSSR count). The van der Waals surface area contributed by atoms with E-state index in [1.807, 2.05) is 6.07 Å². The molecule has 1 nitrogen and oxygen atoms in total. The summed E-state index contributed by atoms with van der Waals surface area (Å²) in [7, 11) is 0. The lowest BCUT2D eigenvalue weighted by molar-refractivity contribution is 0.592. The van der Waals surface area contributed by atoms with Crippen LogP contribution in [-0.4, -0.2) is 6.54 Å². The lowest BCUT2D eigenvalue weighted by Gasteiger charge is -2.15. The fourth-order valence-corrected chi connectivity index (χ4v) is 2.16. The van der Waals surface area contributed by atoms with Gasteiger partial charge in [-0.1, -0.05) is 86.2 Å². The highest BCUT2D eigenvalue weighted by Gasteiger charge is 2.05. The molecule has 1 heteroatoms. The van der Waals surface area contributed by atoms with Gasteiger partial charge >= 0.3 is 0 Å². The van der Waals surface area contributed by atoms with Crippen LogP contribution in [0.4, 0.5) is 0 Å². The Morgan fingerprint density at radius 2 is 1.60 bits per heavy atom. The van der Waals surface area contributed by atoms with Gasteiger partial charge in [-0.15, -0.1) is 0 Å². The molecular formula is C19H23N. The van der Waals surface area contributed by atoms with E-state index >= 15 is 0 Å². The van der Waals surface area contributed by atoms with Crippen molar-refractivity contribution in [1.29, 1.82) is 0 Å². The summed E-state index contributed by atoms with van der Waals surface area (Å²) < 4.78 is 0. The summed E-state index contributed by atoms with van der Waals surface area (Å²) in [6.45, 7) is 3.27. The maximum atomic E-state index is 3.62. The number of rotatable bonds is 7.